The van der Waals surface area contributed by atoms with Crippen molar-refractivity contribution in [2.45, 2.75) is 12.8 Å². The van der Waals surface area contributed by atoms with Gasteiger partial charge in [-0.2, -0.15) is 0 Å². The van der Waals surface area contributed by atoms with Gasteiger partial charge in [0.05, 0.1) is 21.3 Å². The summed E-state index contributed by atoms with van der Waals surface area (Å²) in [7, 11) is 4.53. The number of nitrogens with one attached hydrogen (secondary N) is 1. The number of carbonyl (C=O) groups is 2. The number of ether oxygens (including phenoxy) is 4. The molecule has 0 fully saturated rings. The van der Waals surface area contributed by atoms with E-state index < -0.39 is 24.3 Å². The molecule has 2 aromatic rings. The van der Waals surface area contributed by atoms with E-state index in [1.54, 1.807) is 12.1 Å². The average Bonchev–Trinajstić information content (AvgIpc) is 2.71. The highest BCUT2D eigenvalue weighted by atomic mass is 19.1. The quantitative estimate of drug-likeness (QED) is 0.662. The predicted molar refractivity (Wildman–Crippen MR) is 100 cm³/mol. The van der Waals surface area contributed by atoms with Gasteiger partial charge in [-0.25, -0.2) is 4.39 Å². The molecule has 1 N–H and O–H groups in total. The SMILES string of the molecule is COc1cc(CCC(=O)OCC(=O)Nc2ccc(F)cc2)cc(OC)c1OC. The van der Waals surface area contributed by atoms with Crippen LogP contribution in [0, 0.1) is 5.82 Å². The minimum atomic E-state index is -0.525. The molecule has 7 nitrogen and oxygen atoms in total. The molecule has 0 aromatic heterocycles. The van der Waals surface area contributed by atoms with Gasteiger partial charge in [-0.1, -0.05) is 0 Å². The topological polar surface area (TPSA) is 83.1 Å². The average molecular weight is 391 g/mol. The van der Waals surface area contributed by atoms with Gasteiger partial charge in [0.15, 0.2) is 18.1 Å². The Morgan fingerprint density at radius 3 is 2.11 bits per heavy atom. The molecule has 0 aliphatic carbocycles. The van der Waals surface area contributed by atoms with Crippen LogP contribution in [-0.4, -0.2) is 39.8 Å². The van der Waals surface area contributed by atoms with Crippen LogP contribution in [0.25, 0.3) is 0 Å². The Bertz CT molecular complexity index is 797. The van der Waals surface area contributed by atoms with E-state index in [0.717, 1.165) is 5.56 Å². The maximum Gasteiger partial charge on any atom is 0.306 e. The van der Waals surface area contributed by atoms with Crippen molar-refractivity contribution < 1.29 is 32.9 Å². The lowest BCUT2D eigenvalue weighted by Gasteiger charge is -2.14. The zero-order chi connectivity index (χ0) is 20.5. The molecule has 28 heavy (non-hydrogen) atoms. The van der Waals surface area contributed by atoms with Gasteiger partial charge < -0.3 is 24.3 Å². The highest BCUT2D eigenvalue weighted by molar-refractivity contribution is 5.92. The van der Waals surface area contributed by atoms with Gasteiger partial charge in [0.1, 0.15) is 5.82 Å². The van der Waals surface area contributed by atoms with Crippen LogP contribution in [0.4, 0.5) is 10.1 Å². The van der Waals surface area contributed by atoms with E-state index in [-0.39, 0.29) is 6.42 Å². The number of benzene rings is 2. The number of hydrogen-bond acceptors (Lipinski definition) is 6. The first kappa shape index (κ1) is 21.0. The highest BCUT2D eigenvalue weighted by Crippen LogP contribution is 2.38. The first-order valence-corrected chi connectivity index (χ1v) is 8.46. The van der Waals surface area contributed by atoms with E-state index in [9.17, 15) is 14.0 Å². The molecule has 0 spiro atoms. The van der Waals surface area contributed by atoms with Gasteiger partial charge >= 0.3 is 5.97 Å². The van der Waals surface area contributed by atoms with E-state index >= 15 is 0 Å². The number of anilines is 1. The molecule has 0 saturated heterocycles. The number of methoxy groups -OCH3 is 3. The van der Waals surface area contributed by atoms with E-state index in [2.05, 4.69) is 5.32 Å². The fourth-order valence-electron chi connectivity index (χ4n) is 2.47. The maximum atomic E-state index is 12.8. The number of amides is 1. The van der Waals surface area contributed by atoms with Crippen molar-refractivity contribution in [3.63, 3.8) is 0 Å². The Morgan fingerprint density at radius 2 is 1.57 bits per heavy atom. The molecule has 8 heteroatoms. The number of esters is 1. The summed E-state index contributed by atoms with van der Waals surface area (Å²) in [6, 6.07) is 8.77. The molecular weight excluding hydrogens is 369 g/mol. The predicted octanol–water partition coefficient (Wildman–Crippen LogP) is 2.97. The molecule has 0 bridgehead atoms. The molecule has 2 aromatic carbocycles. The summed E-state index contributed by atoms with van der Waals surface area (Å²) >= 11 is 0. The molecule has 1 amide bonds. The van der Waals surface area contributed by atoms with Crippen molar-refractivity contribution in [1.29, 1.82) is 0 Å². The van der Waals surface area contributed by atoms with E-state index in [1.165, 1.54) is 45.6 Å². The third kappa shape index (κ3) is 5.87. The largest absolute Gasteiger partial charge is 0.493 e. The first-order chi connectivity index (χ1) is 13.5. The molecule has 0 atom stereocenters. The molecule has 0 radical (unpaired) electrons. The van der Waals surface area contributed by atoms with Crippen molar-refractivity contribution >= 4 is 17.6 Å². The lowest BCUT2D eigenvalue weighted by atomic mass is 10.1. The number of aryl methyl sites for hydroxylation is 1. The van der Waals surface area contributed by atoms with Crippen molar-refractivity contribution in [3.8, 4) is 17.2 Å². The van der Waals surface area contributed by atoms with Gasteiger partial charge in [0.2, 0.25) is 5.75 Å². The highest BCUT2D eigenvalue weighted by Gasteiger charge is 2.14. The molecule has 2 rings (SSSR count). The number of halogens is 1. The van der Waals surface area contributed by atoms with Crippen molar-refractivity contribution in [3.05, 3.63) is 47.8 Å². The third-order valence-corrected chi connectivity index (χ3v) is 3.83. The van der Waals surface area contributed by atoms with Crippen molar-refractivity contribution in [1.82, 2.24) is 0 Å². The summed E-state index contributed by atoms with van der Waals surface area (Å²) in [6.45, 7) is -0.425. The van der Waals surface area contributed by atoms with Crippen LogP contribution in [0.1, 0.15) is 12.0 Å². The van der Waals surface area contributed by atoms with E-state index in [0.29, 0.717) is 29.4 Å². The van der Waals surface area contributed by atoms with Gasteiger partial charge in [-0.3, -0.25) is 9.59 Å². The molecular formula is C20H22FNO6. The number of carbonyl (C=O) groups excluding carboxylic acids is 2. The fraction of sp³-hybridized carbons (Fsp3) is 0.300. The molecule has 0 aliphatic rings. The molecule has 150 valence electrons. The van der Waals surface area contributed by atoms with Crippen LogP contribution < -0.4 is 19.5 Å². The lowest BCUT2D eigenvalue weighted by molar-refractivity contribution is -0.147. The maximum absolute atomic E-state index is 12.8. The molecule has 0 saturated carbocycles. The minimum Gasteiger partial charge on any atom is -0.493 e. The summed E-state index contributed by atoms with van der Waals surface area (Å²) in [4.78, 5) is 23.7. The second-order valence-corrected chi connectivity index (χ2v) is 5.75. The van der Waals surface area contributed by atoms with E-state index in [1.807, 2.05) is 0 Å². The zero-order valence-corrected chi connectivity index (χ0v) is 15.9. The van der Waals surface area contributed by atoms with Crippen LogP contribution in [0.2, 0.25) is 0 Å². The van der Waals surface area contributed by atoms with Gasteiger partial charge in [-0.05, 0) is 48.4 Å². The summed E-state index contributed by atoms with van der Waals surface area (Å²) < 4.78 is 33.6. The standard InChI is InChI=1S/C20H22FNO6/c1-25-16-10-13(11-17(26-2)20(16)27-3)4-9-19(24)28-12-18(23)22-15-7-5-14(21)6-8-15/h5-8,10-11H,4,9,12H2,1-3H3,(H,22,23). The van der Waals surface area contributed by atoms with Crippen LogP contribution >= 0.6 is 0 Å². The first-order valence-electron chi connectivity index (χ1n) is 8.46. The summed E-state index contributed by atoms with van der Waals surface area (Å²) in [6.07, 6.45) is 0.442. The second-order valence-electron chi connectivity index (χ2n) is 5.75. The Morgan fingerprint density at radius 1 is 0.964 bits per heavy atom. The normalized spacial score (nSPS) is 10.1. The molecule has 0 heterocycles. The minimum absolute atomic E-state index is 0.0719. The Kier molecular flexibility index (Phi) is 7.62. The van der Waals surface area contributed by atoms with Crippen LogP contribution in [-0.2, 0) is 20.7 Å². The van der Waals surface area contributed by atoms with Crippen LogP contribution in [0.3, 0.4) is 0 Å². The monoisotopic (exact) mass is 391 g/mol. The Hall–Kier alpha value is -3.29. The fourth-order valence-corrected chi connectivity index (χ4v) is 2.47. The second kappa shape index (κ2) is 10.1. The third-order valence-electron chi connectivity index (χ3n) is 3.83. The van der Waals surface area contributed by atoms with Crippen LogP contribution in [0.15, 0.2) is 36.4 Å². The van der Waals surface area contributed by atoms with Crippen molar-refractivity contribution in [2.75, 3.05) is 33.3 Å². The van der Waals surface area contributed by atoms with Gasteiger partial charge in [0, 0.05) is 12.1 Å². The number of hydrogen-bond donors (Lipinski definition) is 1. The number of rotatable bonds is 9. The zero-order valence-electron chi connectivity index (χ0n) is 15.9. The van der Waals surface area contributed by atoms with Gasteiger partial charge in [-0.15, -0.1) is 0 Å². The summed E-state index contributed by atoms with van der Waals surface area (Å²) in [5.74, 6) is 0.00792. The Balaban J connectivity index is 1.85. The van der Waals surface area contributed by atoms with Crippen LogP contribution in [0.5, 0.6) is 17.2 Å². The Labute approximate surface area is 162 Å². The van der Waals surface area contributed by atoms with Gasteiger partial charge in [0.25, 0.3) is 5.91 Å². The van der Waals surface area contributed by atoms with Crippen molar-refractivity contribution in [2.24, 2.45) is 0 Å². The summed E-state index contributed by atoms with van der Waals surface area (Å²) in [5.41, 5.74) is 1.21. The molecule has 0 unspecified atom stereocenters. The lowest BCUT2D eigenvalue weighted by Crippen LogP contribution is -2.21. The summed E-state index contributed by atoms with van der Waals surface area (Å²) in [5, 5.41) is 2.51. The smallest absolute Gasteiger partial charge is 0.306 e. The van der Waals surface area contributed by atoms with E-state index in [4.69, 9.17) is 18.9 Å². The molecule has 0 aliphatic heterocycles.